The van der Waals surface area contributed by atoms with Crippen molar-refractivity contribution in [2.45, 2.75) is 32.1 Å². The first-order valence-corrected chi connectivity index (χ1v) is 13.6. The van der Waals surface area contributed by atoms with Crippen LogP contribution in [0.5, 0.6) is 0 Å². The Balaban J connectivity index is 1.58. The molecule has 0 bridgehead atoms. The number of morpholine rings is 1. The summed E-state index contributed by atoms with van der Waals surface area (Å²) in [6.07, 6.45) is -2.64. The number of nitrogens with one attached hydrogen (secondary N) is 2. The van der Waals surface area contributed by atoms with Crippen LogP contribution in [0.2, 0.25) is 0 Å². The molecule has 5 rings (SSSR count). The van der Waals surface area contributed by atoms with Crippen LogP contribution in [-0.4, -0.2) is 79.3 Å². The van der Waals surface area contributed by atoms with Gasteiger partial charge in [0.25, 0.3) is 5.91 Å². The Morgan fingerprint density at radius 3 is 2.43 bits per heavy atom. The maximum Gasteiger partial charge on any atom is 0.417 e. The molecule has 2 atom stereocenters. The van der Waals surface area contributed by atoms with Gasteiger partial charge in [0.2, 0.25) is 5.56 Å². The van der Waals surface area contributed by atoms with Crippen LogP contribution in [0, 0.1) is 5.82 Å². The van der Waals surface area contributed by atoms with Gasteiger partial charge in [-0.3, -0.25) is 14.5 Å². The number of pyridine rings is 2. The fraction of sp³-hybridized carbons (Fsp3) is 0.414. The fourth-order valence-electron chi connectivity index (χ4n) is 5.38. The molecule has 0 spiro atoms. The summed E-state index contributed by atoms with van der Waals surface area (Å²) >= 11 is 0. The summed E-state index contributed by atoms with van der Waals surface area (Å²) in [5.41, 5.74) is -1.97. The van der Waals surface area contributed by atoms with Crippen LogP contribution < -0.4 is 20.7 Å². The first kappa shape index (κ1) is 29.5. The molecule has 2 N–H and O–H groups in total. The van der Waals surface area contributed by atoms with E-state index in [4.69, 9.17) is 4.74 Å². The van der Waals surface area contributed by atoms with Gasteiger partial charge in [-0.25, -0.2) is 9.37 Å². The number of aromatic amines is 1. The number of piperazine rings is 1. The van der Waals surface area contributed by atoms with Crippen LogP contribution >= 0.6 is 0 Å². The molecular formula is C29H32F4N6O3. The first-order valence-electron chi connectivity index (χ1n) is 13.6. The summed E-state index contributed by atoms with van der Waals surface area (Å²) in [5.74, 6) is -1.01. The number of nitrogens with zero attached hydrogens (tertiary/aromatic N) is 4. The number of anilines is 3. The average Bonchev–Trinajstić information content (AvgIpc) is 2.96. The van der Waals surface area contributed by atoms with Gasteiger partial charge < -0.3 is 24.8 Å². The molecule has 0 saturated carbocycles. The number of carbonyl (C=O) groups is 1. The Morgan fingerprint density at radius 2 is 1.76 bits per heavy atom. The number of hydrogen-bond acceptors (Lipinski definition) is 7. The van der Waals surface area contributed by atoms with E-state index in [2.05, 4.69) is 20.2 Å². The van der Waals surface area contributed by atoms with Crippen molar-refractivity contribution in [1.29, 1.82) is 0 Å². The van der Waals surface area contributed by atoms with E-state index in [1.165, 1.54) is 12.1 Å². The second kappa shape index (κ2) is 11.7. The van der Waals surface area contributed by atoms with Gasteiger partial charge in [0.05, 0.1) is 35.7 Å². The highest BCUT2D eigenvalue weighted by Crippen LogP contribution is 2.38. The number of alkyl halides is 3. The molecule has 2 aliphatic rings. The van der Waals surface area contributed by atoms with Crippen molar-refractivity contribution in [3.05, 3.63) is 70.0 Å². The van der Waals surface area contributed by atoms with Gasteiger partial charge in [0.15, 0.2) is 0 Å². The Labute approximate surface area is 240 Å². The van der Waals surface area contributed by atoms with E-state index in [-0.39, 0.29) is 23.3 Å². The highest BCUT2D eigenvalue weighted by molar-refractivity contribution is 6.07. The zero-order valence-electron chi connectivity index (χ0n) is 23.5. The Bertz CT molecular complexity index is 1510. The maximum atomic E-state index is 15.8. The standard InChI is InChI=1S/C29H32F4N6O3/c1-17-15-39(16-18(2)37(17)3)25-13-23(30)20(19-4-5-34-26(10-19)38-6-8-42-9-7-38)11-24(25)36-28(41)21-14-35-27(40)12-22(21)29(31,32)33/h4-5,10-14,17-18H,6-9,15-16H2,1-3H3,(H,35,40)(H,36,41)/t17-,18+. The number of rotatable bonds is 5. The lowest BCUT2D eigenvalue weighted by atomic mass is 10.0. The normalized spacial score (nSPS) is 20.1. The van der Waals surface area contributed by atoms with Crippen LogP contribution in [0.3, 0.4) is 0 Å². The summed E-state index contributed by atoms with van der Waals surface area (Å²) in [7, 11) is 1.99. The number of H-pyrrole nitrogens is 1. The third-order valence-electron chi connectivity index (χ3n) is 7.90. The highest BCUT2D eigenvalue weighted by atomic mass is 19.4. The quantitative estimate of drug-likeness (QED) is 0.432. The summed E-state index contributed by atoms with van der Waals surface area (Å²) in [4.78, 5) is 37.6. The minimum Gasteiger partial charge on any atom is -0.378 e. The minimum absolute atomic E-state index is 0.0901. The van der Waals surface area contributed by atoms with Crippen molar-refractivity contribution in [1.82, 2.24) is 14.9 Å². The van der Waals surface area contributed by atoms with E-state index < -0.39 is 34.6 Å². The largest absolute Gasteiger partial charge is 0.417 e. The molecule has 1 amide bonds. The van der Waals surface area contributed by atoms with Crippen LogP contribution in [0.4, 0.5) is 34.8 Å². The molecule has 0 radical (unpaired) electrons. The monoisotopic (exact) mass is 588 g/mol. The van der Waals surface area contributed by atoms with Crippen LogP contribution in [0.1, 0.15) is 29.8 Å². The predicted octanol–water partition coefficient (Wildman–Crippen LogP) is 4.21. The van der Waals surface area contributed by atoms with Crippen molar-refractivity contribution >= 4 is 23.1 Å². The lowest BCUT2D eigenvalue weighted by molar-refractivity contribution is -0.138. The van der Waals surface area contributed by atoms with Crippen LogP contribution in [-0.2, 0) is 10.9 Å². The summed E-state index contributed by atoms with van der Waals surface area (Å²) in [5, 5.41) is 2.59. The van der Waals surface area contributed by atoms with Crippen molar-refractivity contribution in [3.8, 4) is 11.1 Å². The number of ether oxygens (including phenoxy) is 1. The fourth-order valence-corrected chi connectivity index (χ4v) is 5.38. The molecule has 0 aliphatic carbocycles. The number of amides is 1. The Morgan fingerprint density at radius 1 is 1.07 bits per heavy atom. The van der Waals surface area contributed by atoms with Crippen molar-refractivity contribution in [3.63, 3.8) is 0 Å². The molecular weight excluding hydrogens is 556 g/mol. The van der Waals surface area contributed by atoms with Gasteiger partial charge in [0.1, 0.15) is 11.6 Å². The highest BCUT2D eigenvalue weighted by Gasteiger charge is 2.36. The topological polar surface area (TPSA) is 93.8 Å². The number of benzene rings is 1. The molecule has 2 aliphatic heterocycles. The number of halogens is 4. The summed E-state index contributed by atoms with van der Waals surface area (Å²) in [6, 6.07) is 6.64. The SMILES string of the molecule is C[C@@H]1CN(c2cc(F)c(-c3ccnc(N4CCOCC4)c3)cc2NC(=O)c2c[nH]c(=O)cc2C(F)(F)F)C[C@H](C)N1C. The summed E-state index contributed by atoms with van der Waals surface area (Å²) < 4.78 is 62.5. The first-order chi connectivity index (χ1) is 19.9. The molecule has 224 valence electrons. The number of aromatic nitrogens is 2. The van der Waals surface area contributed by atoms with Crippen molar-refractivity contribution in [2.75, 3.05) is 61.6 Å². The molecule has 0 unspecified atom stereocenters. The van der Waals surface area contributed by atoms with Gasteiger partial charge in [-0.15, -0.1) is 0 Å². The summed E-state index contributed by atoms with van der Waals surface area (Å²) in [6.45, 7) is 7.38. The molecule has 2 aromatic heterocycles. The molecule has 2 fully saturated rings. The van der Waals surface area contributed by atoms with Gasteiger partial charge in [-0.1, -0.05) is 0 Å². The zero-order valence-corrected chi connectivity index (χ0v) is 23.5. The molecule has 9 nitrogen and oxygen atoms in total. The molecule has 1 aromatic carbocycles. The molecule has 3 aromatic rings. The second-order valence-corrected chi connectivity index (χ2v) is 10.7. The van der Waals surface area contributed by atoms with Gasteiger partial charge in [-0.05, 0) is 50.7 Å². The van der Waals surface area contributed by atoms with Gasteiger partial charge >= 0.3 is 6.18 Å². The van der Waals surface area contributed by atoms with Gasteiger partial charge in [-0.2, -0.15) is 13.2 Å². The van der Waals surface area contributed by atoms with E-state index in [0.29, 0.717) is 62.5 Å². The number of carbonyl (C=O) groups excluding carboxylic acids is 1. The average molecular weight is 589 g/mol. The van der Waals surface area contributed by atoms with E-state index >= 15 is 4.39 Å². The molecule has 2 saturated heterocycles. The molecule has 13 heteroatoms. The molecule has 42 heavy (non-hydrogen) atoms. The third kappa shape index (κ3) is 6.12. The zero-order chi connectivity index (χ0) is 30.2. The van der Waals surface area contributed by atoms with Crippen LogP contribution in [0.25, 0.3) is 11.1 Å². The maximum absolute atomic E-state index is 15.8. The second-order valence-electron chi connectivity index (χ2n) is 10.7. The van der Waals surface area contributed by atoms with Crippen molar-refractivity contribution < 1.29 is 27.1 Å². The minimum atomic E-state index is -4.94. The Kier molecular flexibility index (Phi) is 8.24. The molecule has 4 heterocycles. The number of hydrogen-bond donors (Lipinski definition) is 2. The van der Waals surface area contributed by atoms with Crippen molar-refractivity contribution in [2.24, 2.45) is 0 Å². The Hall–Kier alpha value is -3.97. The lowest BCUT2D eigenvalue weighted by Crippen LogP contribution is -2.55. The van der Waals surface area contributed by atoms with E-state index in [0.717, 1.165) is 6.20 Å². The van der Waals surface area contributed by atoms with Gasteiger partial charge in [0, 0.05) is 62.3 Å². The van der Waals surface area contributed by atoms with E-state index in [1.54, 1.807) is 18.3 Å². The van der Waals surface area contributed by atoms with Crippen LogP contribution in [0.15, 0.2) is 47.5 Å². The van der Waals surface area contributed by atoms with E-state index in [9.17, 15) is 22.8 Å². The predicted molar refractivity (Wildman–Crippen MR) is 152 cm³/mol. The third-order valence-corrected chi connectivity index (χ3v) is 7.90. The van der Waals surface area contributed by atoms with E-state index in [1.807, 2.05) is 30.7 Å². The smallest absolute Gasteiger partial charge is 0.378 e. The lowest BCUT2D eigenvalue weighted by Gasteiger charge is -2.44. The number of likely N-dealkylation sites (N-methyl/N-ethyl adjacent to an activating group) is 1.